The van der Waals surface area contributed by atoms with E-state index >= 15 is 0 Å². The van der Waals surface area contributed by atoms with E-state index in [1.165, 1.54) is 24.4 Å². The Morgan fingerprint density at radius 1 is 1.15 bits per heavy atom. The third-order valence-corrected chi connectivity index (χ3v) is 5.93. The summed E-state index contributed by atoms with van der Waals surface area (Å²) < 4.78 is 41.0. The normalized spacial score (nSPS) is 11.6. The van der Waals surface area contributed by atoms with Crippen molar-refractivity contribution in [1.29, 1.82) is 0 Å². The number of sulfone groups is 1. The van der Waals surface area contributed by atoms with Crippen LogP contribution in [0, 0.1) is 5.82 Å². The first-order valence-electron chi connectivity index (χ1n) is 8.72. The quantitative estimate of drug-likeness (QED) is 0.675. The van der Waals surface area contributed by atoms with E-state index in [9.17, 15) is 17.6 Å². The lowest BCUT2D eigenvalue weighted by molar-refractivity contribution is -0.121. The van der Waals surface area contributed by atoms with Crippen LogP contribution >= 0.6 is 0 Å². The van der Waals surface area contributed by atoms with Crippen LogP contribution in [-0.4, -0.2) is 25.4 Å². The van der Waals surface area contributed by atoms with E-state index in [0.29, 0.717) is 23.0 Å². The highest BCUT2D eigenvalue weighted by Crippen LogP contribution is 2.28. The Hall–Kier alpha value is -2.67. The molecule has 0 fully saturated rings. The molecule has 3 rings (SSSR count). The summed E-state index contributed by atoms with van der Waals surface area (Å²) in [6.45, 7) is 2.57. The van der Waals surface area contributed by atoms with Crippen LogP contribution in [0.2, 0.25) is 0 Å². The van der Waals surface area contributed by atoms with Crippen LogP contribution in [0.4, 0.5) is 4.39 Å². The topological polar surface area (TPSA) is 68.2 Å². The highest BCUT2D eigenvalue weighted by molar-refractivity contribution is 7.90. The van der Waals surface area contributed by atoms with E-state index in [-0.39, 0.29) is 23.1 Å². The van der Waals surface area contributed by atoms with E-state index in [1.54, 1.807) is 34.9 Å². The number of nitrogens with zero attached hydrogens (tertiary/aromatic N) is 1. The van der Waals surface area contributed by atoms with Gasteiger partial charge >= 0.3 is 0 Å². The lowest BCUT2D eigenvalue weighted by atomic mass is 10.2. The molecule has 1 heterocycles. The van der Waals surface area contributed by atoms with Crippen LogP contribution in [0.25, 0.3) is 10.9 Å². The lowest BCUT2D eigenvalue weighted by Gasteiger charge is -2.06. The zero-order valence-corrected chi connectivity index (χ0v) is 15.8. The van der Waals surface area contributed by atoms with E-state index in [1.807, 2.05) is 6.92 Å². The Kier molecular flexibility index (Phi) is 5.60. The second kappa shape index (κ2) is 7.92. The van der Waals surface area contributed by atoms with Crippen molar-refractivity contribution in [3.05, 3.63) is 66.1 Å². The van der Waals surface area contributed by atoms with Crippen molar-refractivity contribution < 1.29 is 17.6 Å². The predicted octanol–water partition coefficient (Wildman–Crippen LogP) is 3.28. The maximum atomic E-state index is 13.4. The van der Waals surface area contributed by atoms with Crippen LogP contribution < -0.4 is 5.32 Å². The monoisotopic (exact) mass is 388 g/mol. The molecule has 3 aromatic rings. The number of amides is 1. The zero-order valence-electron chi connectivity index (χ0n) is 15.0. The molecule has 7 heteroatoms. The summed E-state index contributed by atoms with van der Waals surface area (Å²) in [7, 11) is -3.71. The van der Waals surface area contributed by atoms with Crippen molar-refractivity contribution in [2.24, 2.45) is 0 Å². The minimum absolute atomic E-state index is 0.0377. The van der Waals surface area contributed by atoms with Gasteiger partial charge in [-0.1, -0.05) is 37.3 Å². The zero-order chi connectivity index (χ0) is 19.4. The summed E-state index contributed by atoms with van der Waals surface area (Å²) in [6, 6.07) is 12.6. The molecule has 142 valence electrons. The van der Waals surface area contributed by atoms with Gasteiger partial charge in [0.15, 0.2) is 9.84 Å². The number of fused-ring (bicyclic) bond motifs is 1. The van der Waals surface area contributed by atoms with E-state index < -0.39 is 15.7 Å². The summed E-state index contributed by atoms with van der Waals surface area (Å²) >= 11 is 0. The molecule has 0 aliphatic heterocycles. The van der Waals surface area contributed by atoms with Crippen LogP contribution in [0.1, 0.15) is 18.9 Å². The fourth-order valence-corrected chi connectivity index (χ4v) is 4.56. The molecule has 0 unspecified atom stereocenters. The summed E-state index contributed by atoms with van der Waals surface area (Å²) in [5, 5.41) is 3.34. The molecule has 0 spiro atoms. The number of para-hydroxylation sites is 1. The molecule has 2 aromatic carbocycles. The number of nitrogens with one attached hydrogen (secondary N) is 1. The Morgan fingerprint density at radius 2 is 1.93 bits per heavy atom. The van der Waals surface area contributed by atoms with Crippen molar-refractivity contribution in [2.75, 3.05) is 6.54 Å². The molecule has 0 radical (unpaired) electrons. The number of rotatable bonds is 7. The smallest absolute Gasteiger partial charge is 0.239 e. The number of carbonyl (C=O) groups is 1. The van der Waals surface area contributed by atoms with Gasteiger partial charge in [-0.25, -0.2) is 12.8 Å². The van der Waals surface area contributed by atoms with Gasteiger partial charge in [0.25, 0.3) is 0 Å². The van der Waals surface area contributed by atoms with Crippen molar-refractivity contribution in [2.45, 2.75) is 30.5 Å². The summed E-state index contributed by atoms with van der Waals surface area (Å²) in [6.07, 6.45) is 2.32. The van der Waals surface area contributed by atoms with Gasteiger partial charge < -0.3 is 9.88 Å². The van der Waals surface area contributed by atoms with Gasteiger partial charge in [0, 0.05) is 23.6 Å². The third-order valence-electron chi connectivity index (χ3n) is 4.22. The van der Waals surface area contributed by atoms with Gasteiger partial charge in [-0.3, -0.25) is 4.79 Å². The van der Waals surface area contributed by atoms with Gasteiger partial charge in [0.2, 0.25) is 5.91 Å². The fourth-order valence-electron chi connectivity index (χ4n) is 2.99. The highest BCUT2D eigenvalue weighted by atomic mass is 32.2. The summed E-state index contributed by atoms with van der Waals surface area (Å²) in [5.41, 5.74) is 1.05. The number of hydrogen-bond donors (Lipinski definition) is 1. The maximum absolute atomic E-state index is 13.4. The molecule has 27 heavy (non-hydrogen) atoms. The molecular formula is C20H21FN2O3S. The fraction of sp³-hybridized carbons (Fsp3) is 0.250. The van der Waals surface area contributed by atoms with Crippen molar-refractivity contribution >= 4 is 26.6 Å². The average molecular weight is 388 g/mol. The third kappa shape index (κ3) is 4.36. The first-order chi connectivity index (χ1) is 12.9. The largest absolute Gasteiger partial charge is 0.355 e. The van der Waals surface area contributed by atoms with E-state index in [0.717, 1.165) is 6.42 Å². The summed E-state index contributed by atoms with van der Waals surface area (Å²) in [4.78, 5) is 12.2. The Bertz CT molecular complexity index is 1070. The van der Waals surface area contributed by atoms with Gasteiger partial charge in [-0.05, 0) is 30.2 Å². The first-order valence-corrected chi connectivity index (χ1v) is 10.4. The standard InChI is InChI=1S/C20H21FN2O3S/c1-2-10-22-20(24)13-23-12-19(17-8-3-4-9-18(17)23)27(25,26)14-15-6-5-7-16(21)11-15/h3-9,11-12H,2,10,13-14H2,1H3,(H,22,24). The lowest BCUT2D eigenvalue weighted by Crippen LogP contribution is -2.27. The number of halogens is 1. The van der Waals surface area contributed by atoms with Gasteiger partial charge in [0.05, 0.1) is 10.6 Å². The Labute approximate surface area is 157 Å². The summed E-state index contributed by atoms with van der Waals surface area (Å²) in [5.74, 6) is -0.953. The average Bonchev–Trinajstić information content (AvgIpc) is 2.99. The van der Waals surface area contributed by atoms with Crippen molar-refractivity contribution in [3.8, 4) is 0 Å². The second-order valence-corrected chi connectivity index (χ2v) is 8.34. The molecular weight excluding hydrogens is 367 g/mol. The molecule has 0 atom stereocenters. The second-order valence-electron chi connectivity index (χ2n) is 6.38. The maximum Gasteiger partial charge on any atom is 0.239 e. The van der Waals surface area contributed by atoms with Crippen LogP contribution in [0.5, 0.6) is 0 Å². The minimum Gasteiger partial charge on any atom is -0.355 e. The molecule has 0 bridgehead atoms. The van der Waals surface area contributed by atoms with Crippen LogP contribution in [0.15, 0.2) is 59.6 Å². The Balaban J connectivity index is 1.97. The molecule has 0 aliphatic rings. The highest BCUT2D eigenvalue weighted by Gasteiger charge is 2.22. The van der Waals surface area contributed by atoms with Crippen molar-refractivity contribution in [1.82, 2.24) is 9.88 Å². The number of hydrogen-bond acceptors (Lipinski definition) is 3. The molecule has 0 saturated carbocycles. The number of carbonyl (C=O) groups excluding carboxylic acids is 1. The molecule has 1 aromatic heterocycles. The molecule has 5 nitrogen and oxygen atoms in total. The van der Waals surface area contributed by atoms with Crippen LogP contribution in [0.3, 0.4) is 0 Å². The molecule has 0 saturated heterocycles. The molecule has 0 aliphatic carbocycles. The van der Waals surface area contributed by atoms with Crippen LogP contribution in [-0.2, 0) is 26.9 Å². The Morgan fingerprint density at radius 3 is 2.67 bits per heavy atom. The van der Waals surface area contributed by atoms with Gasteiger partial charge in [-0.15, -0.1) is 0 Å². The van der Waals surface area contributed by atoms with E-state index in [2.05, 4.69) is 5.32 Å². The number of aromatic nitrogens is 1. The predicted molar refractivity (Wildman–Crippen MR) is 103 cm³/mol. The van der Waals surface area contributed by atoms with Gasteiger partial charge in [-0.2, -0.15) is 0 Å². The van der Waals surface area contributed by atoms with Crippen molar-refractivity contribution in [3.63, 3.8) is 0 Å². The molecule has 1 N–H and O–H groups in total. The SMILES string of the molecule is CCCNC(=O)Cn1cc(S(=O)(=O)Cc2cccc(F)c2)c2ccccc21. The minimum atomic E-state index is -3.71. The molecule has 1 amide bonds. The first kappa shape index (κ1) is 19.1. The van der Waals surface area contributed by atoms with E-state index in [4.69, 9.17) is 0 Å². The number of benzene rings is 2. The van der Waals surface area contributed by atoms with Gasteiger partial charge in [0.1, 0.15) is 12.4 Å².